The summed E-state index contributed by atoms with van der Waals surface area (Å²) in [6, 6.07) is 0.633. The highest BCUT2D eigenvalue weighted by molar-refractivity contribution is 5.82. The Morgan fingerprint density at radius 3 is 2.56 bits per heavy atom. The van der Waals surface area contributed by atoms with E-state index in [0.717, 1.165) is 18.3 Å². The molecular weight excluding hydrogens is 198 g/mol. The van der Waals surface area contributed by atoms with E-state index in [1.807, 2.05) is 6.92 Å². The van der Waals surface area contributed by atoms with Crippen molar-refractivity contribution in [1.82, 2.24) is 4.90 Å². The predicted molar refractivity (Wildman–Crippen MR) is 64.2 cm³/mol. The van der Waals surface area contributed by atoms with Gasteiger partial charge in [0, 0.05) is 18.4 Å². The summed E-state index contributed by atoms with van der Waals surface area (Å²) in [4.78, 5) is 14.8. The van der Waals surface area contributed by atoms with E-state index in [1.165, 1.54) is 45.2 Å². The van der Waals surface area contributed by atoms with Gasteiger partial charge in [-0.25, -0.2) is 0 Å². The molecular formula is C14H23NO. The third kappa shape index (κ3) is 1.54. The molecule has 0 N–H and O–H groups in total. The Bertz CT molecular complexity index is 282. The molecule has 0 spiro atoms. The van der Waals surface area contributed by atoms with Crippen molar-refractivity contribution in [2.24, 2.45) is 17.8 Å². The summed E-state index contributed by atoms with van der Waals surface area (Å²) in [6.45, 7) is 4.54. The average Bonchev–Trinajstić information content (AvgIpc) is 3.01. The zero-order chi connectivity index (χ0) is 11.1. The second-order valence-corrected chi connectivity index (χ2v) is 5.91. The van der Waals surface area contributed by atoms with Crippen LogP contribution >= 0.6 is 0 Å². The molecule has 2 saturated carbocycles. The molecule has 1 saturated heterocycles. The minimum atomic E-state index is 0.404. The van der Waals surface area contributed by atoms with Gasteiger partial charge in [-0.2, -0.15) is 0 Å². The normalized spacial score (nSPS) is 43.1. The first kappa shape index (κ1) is 10.8. The summed E-state index contributed by atoms with van der Waals surface area (Å²) in [7, 11) is 0. The topological polar surface area (TPSA) is 20.3 Å². The second kappa shape index (κ2) is 4.14. The van der Waals surface area contributed by atoms with Crippen LogP contribution in [-0.4, -0.2) is 29.8 Å². The van der Waals surface area contributed by atoms with Gasteiger partial charge in [-0.1, -0.05) is 6.92 Å². The lowest BCUT2D eigenvalue weighted by atomic mass is 9.80. The number of hydrogen-bond acceptors (Lipinski definition) is 2. The zero-order valence-electron chi connectivity index (χ0n) is 10.3. The molecule has 2 bridgehead atoms. The number of carbonyl (C=O) groups excluding carboxylic acids is 1. The average molecular weight is 221 g/mol. The van der Waals surface area contributed by atoms with Gasteiger partial charge >= 0.3 is 0 Å². The van der Waals surface area contributed by atoms with Crippen molar-refractivity contribution in [3.8, 4) is 0 Å². The van der Waals surface area contributed by atoms with E-state index in [9.17, 15) is 4.79 Å². The molecule has 1 heterocycles. The number of ketones is 1. The highest BCUT2D eigenvalue weighted by atomic mass is 16.1. The molecule has 3 aliphatic rings. The second-order valence-electron chi connectivity index (χ2n) is 5.91. The summed E-state index contributed by atoms with van der Waals surface area (Å²) in [6.07, 6.45) is 7.50. The maximum absolute atomic E-state index is 12.1. The monoisotopic (exact) mass is 221 g/mol. The highest BCUT2D eigenvalue weighted by Crippen LogP contribution is 2.51. The summed E-state index contributed by atoms with van der Waals surface area (Å²) < 4.78 is 0. The van der Waals surface area contributed by atoms with Gasteiger partial charge in [-0.05, 0) is 57.0 Å². The van der Waals surface area contributed by atoms with Gasteiger partial charge in [-0.15, -0.1) is 0 Å². The molecule has 1 aliphatic heterocycles. The standard InChI is InChI=1S/C14H23NO/c1-2-12(16)13-10-5-6-11(9-10)14(13)15-7-3-4-8-15/h10-11,13-14H,2-9H2,1H3/t10-,11+,13+,14-/m0/s1. The number of nitrogens with zero attached hydrogens (tertiary/aromatic N) is 1. The minimum absolute atomic E-state index is 0.404. The first-order valence-corrected chi connectivity index (χ1v) is 7.08. The molecule has 2 nitrogen and oxygen atoms in total. The van der Waals surface area contributed by atoms with E-state index in [1.54, 1.807) is 0 Å². The number of carbonyl (C=O) groups is 1. The fourth-order valence-corrected chi connectivity index (χ4v) is 4.52. The van der Waals surface area contributed by atoms with Gasteiger partial charge in [0.05, 0.1) is 0 Å². The van der Waals surface area contributed by atoms with Crippen LogP contribution in [0.5, 0.6) is 0 Å². The van der Waals surface area contributed by atoms with E-state index >= 15 is 0 Å². The van der Waals surface area contributed by atoms with Crippen LogP contribution in [0.2, 0.25) is 0 Å². The lowest BCUT2D eigenvalue weighted by Gasteiger charge is -2.36. The number of rotatable bonds is 3. The van der Waals surface area contributed by atoms with Crippen LogP contribution in [0.1, 0.15) is 45.4 Å². The third-order valence-corrected chi connectivity index (χ3v) is 5.16. The van der Waals surface area contributed by atoms with E-state index in [0.29, 0.717) is 17.7 Å². The van der Waals surface area contributed by atoms with Crippen molar-refractivity contribution in [2.75, 3.05) is 13.1 Å². The number of Topliss-reactive ketones (excluding diaryl/α,β-unsaturated/α-hetero) is 1. The van der Waals surface area contributed by atoms with E-state index < -0.39 is 0 Å². The molecule has 0 amide bonds. The molecule has 2 heteroatoms. The maximum Gasteiger partial charge on any atom is 0.137 e. The van der Waals surface area contributed by atoms with Gasteiger partial charge in [0.15, 0.2) is 0 Å². The van der Waals surface area contributed by atoms with Gasteiger partial charge < -0.3 is 0 Å². The molecule has 2 aliphatic carbocycles. The number of fused-ring (bicyclic) bond motifs is 2. The van der Waals surface area contributed by atoms with E-state index in [-0.39, 0.29) is 0 Å². The number of hydrogen-bond donors (Lipinski definition) is 0. The summed E-state index contributed by atoms with van der Waals surface area (Å²) in [5, 5.41) is 0. The fraction of sp³-hybridized carbons (Fsp3) is 0.929. The Kier molecular flexibility index (Phi) is 2.78. The largest absolute Gasteiger partial charge is 0.299 e. The van der Waals surface area contributed by atoms with Gasteiger partial charge in [0.1, 0.15) is 5.78 Å². The lowest BCUT2D eigenvalue weighted by molar-refractivity contribution is -0.126. The maximum atomic E-state index is 12.1. The third-order valence-electron chi connectivity index (χ3n) is 5.16. The van der Waals surface area contributed by atoms with Gasteiger partial charge in [0.2, 0.25) is 0 Å². The molecule has 4 atom stereocenters. The molecule has 16 heavy (non-hydrogen) atoms. The molecule has 3 rings (SSSR count). The number of likely N-dealkylation sites (tertiary alicyclic amines) is 1. The van der Waals surface area contributed by atoms with E-state index in [2.05, 4.69) is 4.90 Å². The molecule has 0 aromatic heterocycles. The van der Waals surface area contributed by atoms with Crippen LogP contribution < -0.4 is 0 Å². The van der Waals surface area contributed by atoms with Crippen LogP contribution in [0.15, 0.2) is 0 Å². The Morgan fingerprint density at radius 1 is 1.19 bits per heavy atom. The summed E-state index contributed by atoms with van der Waals surface area (Å²) in [5.74, 6) is 2.54. The van der Waals surface area contributed by atoms with Gasteiger partial charge in [-0.3, -0.25) is 9.69 Å². The fourth-order valence-electron chi connectivity index (χ4n) is 4.52. The highest BCUT2D eigenvalue weighted by Gasteiger charge is 2.52. The summed E-state index contributed by atoms with van der Waals surface area (Å²) in [5.41, 5.74) is 0. The summed E-state index contributed by atoms with van der Waals surface area (Å²) >= 11 is 0. The van der Waals surface area contributed by atoms with Crippen LogP contribution in [0.4, 0.5) is 0 Å². The first-order valence-electron chi connectivity index (χ1n) is 7.08. The SMILES string of the molecule is CCC(=O)[C@H]1[C@H]2CC[C@H](C2)[C@@H]1N1CCCC1. The molecule has 0 radical (unpaired) electrons. The van der Waals surface area contributed by atoms with Crippen molar-refractivity contribution >= 4 is 5.78 Å². The van der Waals surface area contributed by atoms with Crippen molar-refractivity contribution in [3.63, 3.8) is 0 Å². The van der Waals surface area contributed by atoms with Crippen LogP contribution in [-0.2, 0) is 4.79 Å². The molecule has 90 valence electrons. The predicted octanol–water partition coefficient (Wildman–Crippen LogP) is 2.48. The Balaban J connectivity index is 1.80. The molecule has 0 aromatic carbocycles. The van der Waals surface area contributed by atoms with Crippen molar-refractivity contribution in [1.29, 1.82) is 0 Å². The van der Waals surface area contributed by atoms with Gasteiger partial charge in [0.25, 0.3) is 0 Å². The van der Waals surface area contributed by atoms with Crippen molar-refractivity contribution < 1.29 is 4.79 Å². The molecule has 3 fully saturated rings. The lowest BCUT2D eigenvalue weighted by Crippen LogP contribution is -2.45. The van der Waals surface area contributed by atoms with Crippen molar-refractivity contribution in [2.45, 2.75) is 51.5 Å². The molecule has 0 aromatic rings. The van der Waals surface area contributed by atoms with Crippen LogP contribution in [0.25, 0.3) is 0 Å². The van der Waals surface area contributed by atoms with Crippen molar-refractivity contribution in [3.05, 3.63) is 0 Å². The van der Waals surface area contributed by atoms with Crippen LogP contribution in [0, 0.1) is 17.8 Å². The Hall–Kier alpha value is -0.370. The Morgan fingerprint density at radius 2 is 1.88 bits per heavy atom. The van der Waals surface area contributed by atoms with Crippen LogP contribution in [0.3, 0.4) is 0 Å². The quantitative estimate of drug-likeness (QED) is 0.729. The Labute approximate surface area is 98.4 Å². The molecule has 0 unspecified atom stereocenters. The zero-order valence-corrected chi connectivity index (χ0v) is 10.3. The smallest absolute Gasteiger partial charge is 0.137 e. The minimum Gasteiger partial charge on any atom is -0.299 e. The first-order chi connectivity index (χ1) is 7.81. The van der Waals surface area contributed by atoms with E-state index in [4.69, 9.17) is 0 Å².